The van der Waals surface area contributed by atoms with Gasteiger partial charge >= 0.3 is 0 Å². The molecule has 2 rings (SSSR count). The zero-order chi connectivity index (χ0) is 17.9. The molecule has 0 spiro atoms. The van der Waals surface area contributed by atoms with Crippen LogP contribution in [-0.4, -0.2) is 5.91 Å². The van der Waals surface area contributed by atoms with Crippen LogP contribution in [0.5, 0.6) is 0 Å². The third-order valence-corrected chi connectivity index (χ3v) is 3.25. The summed E-state index contributed by atoms with van der Waals surface area (Å²) in [5.41, 5.74) is 2.16. The topological polar surface area (TPSA) is 29.1 Å². The largest absolute Gasteiger partial charge is 0.342 e. The summed E-state index contributed by atoms with van der Waals surface area (Å²) in [7, 11) is 0. The Bertz CT molecular complexity index is 498. The van der Waals surface area contributed by atoms with Crippen LogP contribution in [0.4, 0.5) is 4.39 Å². The van der Waals surface area contributed by atoms with Crippen molar-refractivity contribution in [2.45, 2.75) is 61.4 Å². The van der Waals surface area contributed by atoms with Crippen molar-refractivity contribution in [3.05, 3.63) is 45.7 Å². The predicted octanol–water partition coefficient (Wildman–Crippen LogP) is 6.07. The molecule has 0 bridgehead atoms. The highest BCUT2D eigenvalue weighted by molar-refractivity contribution is 6.31. The summed E-state index contributed by atoms with van der Waals surface area (Å²) in [6.07, 6.45) is 0. The summed E-state index contributed by atoms with van der Waals surface area (Å²) in [5.74, 6) is -0.478. The molecule has 1 aromatic carbocycles. The van der Waals surface area contributed by atoms with Gasteiger partial charge in [0.15, 0.2) is 0 Å². The Balaban J connectivity index is 0. The van der Waals surface area contributed by atoms with E-state index in [9.17, 15) is 9.18 Å². The fraction of sp³-hybridized carbons (Fsp3) is 0.500. The molecule has 2 nitrogen and oxygen atoms in total. The number of carbonyl (C=O) groups is 1. The lowest BCUT2D eigenvalue weighted by Crippen LogP contribution is -2.21. The molecule has 1 N–H and O–H groups in total. The van der Waals surface area contributed by atoms with E-state index in [-0.39, 0.29) is 17.8 Å². The summed E-state index contributed by atoms with van der Waals surface area (Å²) in [4.78, 5) is 11.5. The first-order chi connectivity index (χ1) is 10.5. The van der Waals surface area contributed by atoms with Crippen LogP contribution < -0.4 is 5.32 Å². The predicted molar refractivity (Wildman–Crippen MR) is 94.7 cm³/mol. The van der Waals surface area contributed by atoms with Crippen LogP contribution in [0, 0.1) is 5.82 Å². The Hall–Kier alpha value is -1.35. The lowest BCUT2D eigenvalue weighted by atomic mass is 10.00. The second-order valence-electron chi connectivity index (χ2n) is 3.88. The number of carbonyl (C=O) groups excluding carboxylic acids is 1. The van der Waals surface area contributed by atoms with Gasteiger partial charge in [0.25, 0.3) is 0 Å². The molecule has 1 atom stereocenters. The maximum Gasteiger partial charge on any atom is 0.247 e. The number of hydrogen-bond donors (Lipinski definition) is 1. The van der Waals surface area contributed by atoms with Crippen molar-refractivity contribution in [2.75, 3.05) is 0 Å². The molecule has 1 aliphatic rings. The van der Waals surface area contributed by atoms with Crippen molar-refractivity contribution in [3.8, 4) is 0 Å². The molecule has 1 aromatic rings. The fourth-order valence-corrected chi connectivity index (χ4v) is 2.02. The average molecular weight is 330 g/mol. The molecule has 126 valence electrons. The van der Waals surface area contributed by atoms with E-state index >= 15 is 0 Å². The van der Waals surface area contributed by atoms with E-state index in [1.165, 1.54) is 18.2 Å². The molecule has 22 heavy (non-hydrogen) atoms. The van der Waals surface area contributed by atoms with Crippen LogP contribution in [0.3, 0.4) is 0 Å². The Morgan fingerprint density at radius 3 is 1.95 bits per heavy atom. The Kier molecular flexibility index (Phi) is 12.7. The van der Waals surface area contributed by atoms with Crippen molar-refractivity contribution in [2.24, 2.45) is 0 Å². The van der Waals surface area contributed by atoms with Gasteiger partial charge < -0.3 is 5.32 Å². The van der Waals surface area contributed by atoms with E-state index in [1.807, 2.05) is 48.5 Å². The molecule has 0 saturated carbocycles. The first-order valence-corrected chi connectivity index (χ1v) is 8.31. The highest BCUT2D eigenvalue weighted by Crippen LogP contribution is 2.33. The summed E-state index contributed by atoms with van der Waals surface area (Å²) < 4.78 is 13.1. The summed E-state index contributed by atoms with van der Waals surface area (Å²) >= 11 is 6.00. The minimum atomic E-state index is -0.356. The quantitative estimate of drug-likeness (QED) is 0.666. The van der Waals surface area contributed by atoms with Gasteiger partial charge in [0.05, 0.1) is 6.04 Å². The number of halogens is 2. The van der Waals surface area contributed by atoms with E-state index in [0.717, 1.165) is 5.57 Å². The van der Waals surface area contributed by atoms with Crippen LogP contribution in [0.2, 0.25) is 5.02 Å². The highest BCUT2D eigenvalue weighted by atomic mass is 35.5. The van der Waals surface area contributed by atoms with Gasteiger partial charge in [-0.1, -0.05) is 53.1 Å². The molecular weight excluding hydrogens is 301 g/mol. The van der Waals surface area contributed by atoms with Crippen LogP contribution in [0.15, 0.2) is 29.3 Å². The van der Waals surface area contributed by atoms with Crippen LogP contribution in [0.1, 0.15) is 67.0 Å². The van der Waals surface area contributed by atoms with Gasteiger partial charge in [-0.05, 0) is 37.6 Å². The van der Waals surface area contributed by atoms with Gasteiger partial charge in [-0.2, -0.15) is 0 Å². The minimum Gasteiger partial charge on any atom is -0.342 e. The standard InChI is InChI=1S/C12H11ClFNO.3C2H6/c1-6-7(2)12(16)15-11(6)9-5-8(14)3-4-10(9)13;3*1-2/h3-5,11H,1-2H3,(H,15,16);3*1-2H3/t11-;;;/m0.../s1. The van der Waals surface area contributed by atoms with Gasteiger partial charge in [0.2, 0.25) is 5.91 Å². The van der Waals surface area contributed by atoms with Crippen molar-refractivity contribution >= 4 is 17.5 Å². The van der Waals surface area contributed by atoms with E-state index in [2.05, 4.69) is 5.32 Å². The number of amides is 1. The number of benzene rings is 1. The van der Waals surface area contributed by atoms with E-state index in [4.69, 9.17) is 11.6 Å². The SMILES string of the molecule is CC.CC.CC.CC1=C(C)[C@@H](c2cc(F)ccc2Cl)NC1=O. The fourth-order valence-electron chi connectivity index (χ4n) is 1.79. The van der Waals surface area contributed by atoms with Crippen molar-refractivity contribution in [1.29, 1.82) is 0 Å². The van der Waals surface area contributed by atoms with Gasteiger partial charge in [0, 0.05) is 16.2 Å². The molecule has 0 aromatic heterocycles. The van der Waals surface area contributed by atoms with E-state index < -0.39 is 0 Å². The van der Waals surface area contributed by atoms with Crippen LogP contribution >= 0.6 is 11.6 Å². The lowest BCUT2D eigenvalue weighted by Gasteiger charge is -2.14. The van der Waals surface area contributed by atoms with E-state index in [1.54, 1.807) is 6.92 Å². The average Bonchev–Trinajstić information content (AvgIpc) is 2.83. The first kappa shape index (κ1) is 22.9. The third kappa shape index (κ3) is 5.80. The molecule has 0 aliphatic carbocycles. The number of rotatable bonds is 1. The second-order valence-corrected chi connectivity index (χ2v) is 4.29. The maximum atomic E-state index is 13.1. The molecule has 0 unspecified atom stereocenters. The smallest absolute Gasteiger partial charge is 0.247 e. The van der Waals surface area contributed by atoms with Crippen molar-refractivity contribution < 1.29 is 9.18 Å². The normalized spacial score (nSPS) is 15.5. The van der Waals surface area contributed by atoms with Crippen LogP contribution in [-0.2, 0) is 4.79 Å². The molecule has 4 heteroatoms. The highest BCUT2D eigenvalue weighted by Gasteiger charge is 2.28. The summed E-state index contributed by atoms with van der Waals surface area (Å²) in [6.45, 7) is 15.6. The Morgan fingerprint density at radius 2 is 1.55 bits per heavy atom. The zero-order valence-corrected chi connectivity index (χ0v) is 15.7. The Labute approximate surface area is 139 Å². The molecule has 0 radical (unpaired) electrons. The van der Waals surface area contributed by atoms with Gasteiger partial charge in [-0.3, -0.25) is 4.79 Å². The number of hydrogen-bond acceptors (Lipinski definition) is 1. The Morgan fingerprint density at radius 1 is 1.05 bits per heavy atom. The van der Waals surface area contributed by atoms with Gasteiger partial charge in [-0.15, -0.1) is 0 Å². The van der Waals surface area contributed by atoms with E-state index in [0.29, 0.717) is 16.2 Å². The van der Waals surface area contributed by atoms with Gasteiger partial charge in [-0.25, -0.2) is 4.39 Å². The first-order valence-electron chi connectivity index (χ1n) is 7.94. The molecule has 1 aliphatic heterocycles. The molecule has 1 amide bonds. The third-order valence-electron chi connectivity index (χ3n) is 2.91. The summed E-state index contributed by atoms with van der Waals surface area (Å²) in [5, 5.41) is 3.23. The molecular formula is C18H29ClFNO. The van der Waals surface area contributed by atoms with Crippen LogP contribution in [0.25, 0.3) is 0 Å². The van der Waals surface area contributed by atoms with Gasteiger partial charge in [0.1, 0.15) is 5.82 Å². The second kappa shape index (κ2) is 12.2. The molecule has 1 heterocycles. The van der Waals surface area contributed by atoms with Crippen molar-refractivity contribution in [3.63, 3.8) is 0 Å². The zero-order valence-electron chi connectivity index (χ0n) is 15.0. The maximum absolute atomic E-state index is 13.1. The monoisotopic (exact) mass is 329 g/mol. The number of nitrogens with one attached hydrogen (secondary N) is 1. The van der Waals surface area contributed by atoms with Crippen molar-refractivity contribution in [1.82, 2.24) is 5.32 Å². The summed E-state index contributed by atoms with van der Waals surface area (Å²) in [6, 6.07) is 3.85. The minimum absolute atomic E-state index is 0.122. The molecule has 0 fully saturated rings. The molecule has 0 saturated heterocycles. The lowest BCUT2D eigenvalue weighted by molar-refractivity contribution is -0.117.